The fourth-order valence-electron chi connectivity index (χ4n) is 3.10. The first kappa shape index (κ1) is 16.7. The van der Waals surface area contributed by atoms with Gasteiger partial charge in [0.1, 0.15) is 0 Å². The molecule has 0 radical (unpaired) electrons. The number of aliphatic hydroxyl groups excluding tert-OH is 1. The van der Waals surface area contributed by atoms with Gasteiger partial charge in [-0.1, -0.05) is 6.92 Å². The van der Waals surface area contributed by atoms with Crippen molar-refractivity contribution in [3.05, 3.63) is 0 Å². The molecule has 0 aromatic heterocycles. The summed E-state index contributed by atoms with van der Waals surface area (Å²) in [5, 5.41) is 8.75. The van der Waals surface area contributed by atoms with Crippen LogP contribution in [0, 0.1) is 5.92 Å². The molecule has 5 heteroatoms. The minimum atomic E-state index is 0.186. The predicted molar refractivity (Wildman–Crippen MR) is 82.1 cm³/mol. The van der Waals surface area contributed by atoms with Crippen molar-refractivity contribution in [3.63, 3.8) is 0 Å². The molecule has 0 unspecified atom stereocenters. The predicted octanol–water partition coefficient (Wildman–Crippen LogP) is 1.11. The Bertz CT molecular complexity index is 309. The van der Waals surface area contributed by atoms with Crippen molar-refractivity contribution in [1.29, 1.82) is 0 Å². The van der Waals surface area contributed by atoms with Gasteiger partial charge in [0.05, 0.1) is 12.6 Å². The topological polar surface area (TPSA) is 53.0 Å². The number of ether oxygens (including phenoxy) is 1. The number of amides is 1. The molecule has 1 amide bonds. The third-order valence-corrected chi connectivity index (χ3v) is 4.69. The lowest BCUT2D eigenvalue weighted by atomic mass is 9.99. The van der Waals surface area contributed by atoms with E-state index in [1.165, 1.54) is 12.8 Å². The van der Waals surface area contributed by atoms with E-state index < -0.39 is 0 Å². The second kappa shape index (κ2) is 8.71. The summed E-state index contributed by atoms with van der Waals surface area (Å²) in [4.78, 5) is 16.6. The third-order valence-electron chi connectivity index (χ3n) is 4.69. The van der Waals surface area contributed by atoms with Crippen LogP contribution in [-0.2, 0) is 9.53 Å². The quantitative estimate of drug-likeness (QED) is 0.746. The maximum absolute atomic E-state index is 12.3. The second-order valence-corrected chi connectivity index (χ2v) is 6.49. The fourth-order valence-corrected chi connectivity index (χ4v) is 3.10. The van der Waals surface area contributed by atoms with Crippen LogP contribution < -0.4 is 0 Å². The van der Waals surface area contributed by atoms with E-state index in [1.54, 1.807) is 0 Å². The van der Waals surface area contributed by atoms with Crippen LogP contribution in [0.15, 0.2) is 0 Å². The van der Waals surface area contributed by atoms with Crippen molar-refractivity contribution in [3.8, 4) is 0 Å². The van der Waals surface area contributed by atoms with Crippen LogP contribution in [0.2, 0.25) is 0 Å². The third kappa shape index (κ3) is 5.57. The van der Waals surface area contributed by atoms with Crippen LogP contribution in [0.3, 0.4) is 0 Å². The standard InChI is InChI=1S/C16H30N2O3/c1-14-3-7-17(8-4-14)13-16(20)18-9-5-15(6-10-18)21-12-2-11-19/h14-15,19H,2-13H2,1H3. The number of likely N-dealkylation sites (tertiary alicyclic amines) is 2. The highest BCUT2D eigenvalue weighted by atomic mass is 16.5. The molecule has 2 fully saturated rings. The summed E-state index contributed by atoms with van der Waals surface area (Å²) >= 11 is 0. The summed E-state index contributed by atoms with van der Waals surface area (Å²) in [7, 11) is 0. The number of rotatable bonds is 6. The van der Waals surface area contributed by atoms with Gasteiger partial charge < -0.3 is 14.7 Å². The molecule has 0 aromatic rings. The van der Waals surface area contributed by atoms with Crippen LogP contribution in [0.4, 0.5) is 0 Å². The van der Waals surface area contributed by atoms with Crippen molar-refractivity contribution < 1.29 is 14.6 Å². The van der Waals surface area contributed by atoms with Gasteiger partial charge in [-0.2, -0.15) is 0 Å². The van der Waals surface area contributed by atoms with E-state index in [4.69, 9.17) is 9.84 Å². The molecule has 122 valence electrons. The zero-order valence-corrected chi connectivity index (χ0v) is 13.3. The van der Waals surface area contributed by atoms with Crippen molar-refractivity contribution in [2.75, 3.05) is 45.9 Å². The molecular formula is C16H30N2O3. The average Bonchev–Trinajstić information content (AvgIpc) is 2.50. The second-order valence-electron chi connectivity index (χ2n) is 6.49. The highest BCUT2D eigenvalue weighted by Crippen LogP contribution is 2.17. The summed E-state index contributed by atoms with van der Waals surface area (Å²) in [6, 6.07) is 0. The molecule has 0 aromatic carbocycles. The molecule has 2 aliphatic heterocycles. The van der Waals surface area contributed by atoms with Gasteiger partial charge in [-0.3, -0.25) is 9.69 Å². The fraction of sp³-hybridized carbons (Fsp3) is 0.938. The molecule has 2 aliphatic rings. The monoisotopic (exact) mass is 298 g/mol. The van der Waals surface area contributed by atoms with Gasteiger partial charge >= 0.3 is 0 Å². The van der Waals surface area contributed by atoms with Gasteiger partial charge in [0, 0.05) is 26.3 Å². The van der Waals surface area contributed by atoms with Gasteiger partial charge in [0.15, 0.2) is 0 Å². The minimum Gasteiger partial charge on any atom is -0.396 e. The molecule has 21 heavy (non-hydrogen) atoms. The summed E-state index contributed by atoms with van der Waals surface area (Å²) in [5.74, 6) is 1.08. The Morgan fingerprint density at radius 2 is 1.81 bits per heavy atom. The van der Waals surface area contributed by atoms with Gasteiger partial charge in [0.25, 0.3) is 0 Å². The Hall–Kier alpha value is -0.650. The van der Waals surface area contributed by atoms with Crippen LogP contribution >= 0.6 is 0 Å². The summed E-state index contributed by atoms with van der Waals surface area (Å²) in [6.45, 7) is 7.44. The summed E-state index contributed by atoms with van der Waals surface area (Å²) in [6.07, 6.45) is 5.24. The molecular weight excluding hydrogens is 268 g/mol. The highest BCUT2D eigenvalue weighted by molar-refractivity contribution is 5.78. The first-order valence-corrected chi connectivity index (χ1v) is 8.41. The molecule has 1 N–H and O–H groups in total. The van der Waals surface area contributed by atoms with Gasteiger partial charge in [-0.25, -0.2) is 0 Å². The molecule has 0 aliphatic carbocycles. The smallest absolute Gasteiger partial charge is 0.236 e. The van der Waals surface area contributed by atoms with Gasteiger partial charge in [-0.05, 0) is 51.1 Å². The SMILES string of the molecule is CC1CCN(CC(=O)N2CCC(OCCCO)CC2)CC1. The van der Waals surface area contributed by atoms with E-state index >= 15 is 0 Å². The van der Waals surface area contributed by atoms with Crippen LogP contribution in [0.25, 0.3) is 0 Å². The van der Waals surface area contributed by atoms with Crippen LogP contribution in [0.5, 0.6) is 0 Å². The number of piperidine rings is 2. The average molecular weight is 298 g/mol. The largest absolute Gasteiger partial charge is 0.396 e. The molecule has 0 saturated carbocycles. The van der Waals surface area contributed by atoms with Crippen LogP contribution in [-0.4, -0.2) is 72.9 Å². The maximum Gasteiger partial charge on any atom is 0.236 e. The lowest BCUT2D eigenvalue weighted by Crippen LogP contribution is -2.47. The van der Waals surface area contributed by atoms with E-state index in [2.05, 4.69) is 11.8 Å². The normalized spacial score (nSPS) is 22.7. The zero-order chi connectivity index (χ0) is 15.1. The zero-order valence-electron chi connectivity index (χ0n) is 13.3. The molecule has 0 spiro atoms. The van der Waals surface area contributed by atoms with E-state index in [0.717, 1.165) is 44.9 Å². The number of hydrogen-bond acceptors (Lipinski definition) is 4. The maximum atomic E-state index is 12.3. The molecule has 0 bridgehead atoms. The van der Waals surface area contributed by atoms with Crippen molar-refractivity contribution >= 4 is 5.91 Å². The Balaban J connectivity index is 1.63. The van der Waals surface area contributed by atoms with Crippen molar-refractivity contribution in [2.24, 2.45) is 5.92 Å². The summed E-state index contributed by atoms with van der Waals surface area (Å²) in [5.41, 5.74) is 0. The minimum absolute atomic E-state index is 0.186. The van der Waals surface area contributed by atoms with E-state index in [9.17, 15) is 4.79 Å². The molecule has 0 atom stereocenters. The van der Waals surface area contributed by atoms with E-state index in [0.29, 0.717) is 19.6 Å². The number of carbonyl (C=O) groups is 1. The number of aliphatic hydroxyl groups is 1. The van der Waals surface area contributed by atoms with Crippen LogP contribution in [0.1, 0.15) is 39.0 Å². The Morgan fingerprint density at radius 3 is 2.43 bits per heavy atom. The number of carbonyl (C=O) groups excluding carboxylic acids is 1. The summed E-state index contributed by atoms with van der Waals surface area (Å²) < 4.78 is 5.70. The lowest BCUT2D eigenvalue weighted by molar-refractivity contribution is -0.135. The van der Waals surface area contributed by atoms with E-state index in [-0.39, 0.29) is 18.6 Å². The molecule has 2 rings (SSSR count). The van der Waals surface area contributed by atoms with Crippen molar-refractivity contribution in [1.82, 2.24) is 9.80 Å². The van der Waals surface area contributed by atoms with Crippen molar-refractivity contribution in [2.45, 2.75) is 45.1 Å². The number of hydrogen-bond donors (Lipinski definition) is 1. The van der Waals surface area contributed by atoms with Gasteiger partial charge in [0.2, 0.25) is 5.91 Å². The highest BCUT2D eigenvalue weighted by Gasteiger charge is 2.25. The Labute approximate surface area is 128 Å². The van der Waals surface area contributed by atoms with E-state index in [1.807, 2.05) is 4.90 Å². The Morgan fingerprint density at radius 1 is 1.14 bits per heavy atom. The lowest BCUT2D eigenvalue weighted by Gasteiger charge is -2.35. The molecule has 2 saturated heterocycles. The first-order chi connectivity index (χ1) is 10.2. The molecule has 5 nitrogen and oxygen atoms in total. The first-order valence-electron chi connectivity index (χ1n) is 8.41. The molecule has 2 heterocycles. The Kier molecular flexibility index (Phi) is 6.93. The number of nitrogens with zero attached hydrogens (tertiary/aromatic N) is 2. The van der Waals surface area contributed by atoms with Gasteiger partial charge in [-0.15, -0.1) is 0 Å².